The number of methoxy groups -OCH3 is 1. The molecule has 3 heterocycles. The Hall–Kier alpha value is -2.63. The number of aromatic amines is 1. The average molecular weight is 255 g/mol. The van der Waals surface area contributed by atoms with Crippen molar-refractivity contribution >= 4 is 17.0 Å². The molecular weight excluding hydrogens is 242 g/mol. The van der Waals surface area contributed by atoms with Crippen LogP contribution in [0, 0.1) is 0 Å². The first-order valence-corrected chi connectivity index (χ1v) is 5.84. The molecule has 96 valence electrons. The second kappa shape index (κ2) is 4.56. The number of nitrogens with one attached hydrogen (secondary N) is 2. The first-order chi connectivity index (χ1) is 9.31. The molecule has 0 saturated carbocycles. The number of H-pyrrole nitrogens is 1. The second-order valence-corrected chi connectivity index (χ2v) is 3.98. The number of rotatable bonds is 3. The molecule has 6 nitrogen and oxygen atoms in total. The van der Waals surface area contributed by atoms with Gasteiger partial charge in [0.2, 0.25) is 0 Å². The molecule has 0 aliphatic carbocycles. The van der Waals surface area contributed by atoms with Crippen molar-refractivity contribution in [2.45, 2.75) is 0 Å². The molecule has 0 aromatic carbocycles. The molecule has 0 unspecified atom stereocenters. The topological polar surface area (TPSA) is 75.7 Å². The zero-order valence-electron chi connectivity index (χ0n) is 10.6. The molecule has 0 amide bonds. The van der Waals surface area contributed by atoms with E-state index in [1.54, 1.807) is 19.5 Å². The van der Waals surface area contributed by atoms with Crippen molar-refractivity contribution in [2.24, 2.45) is 0 Å². The van der Waals surface area contributed by atoms with E-state index in [1.165, 1.54) is 0 Å². The Morgan fingerprint density at radius 2 is 2.11 bits per heavy atom. The molecule has 0 saturated heterocycles. The highest BCUT2D eigenvalue weighted by atomic mass is 16.5. The molecule has 6 heteroatoms. The van der Waals surface area contributed by atoms with Crippen LogP contribution in [0.5, 0.6) is 5.75 Å². The van der Waals surface area contributed by atoms with Gasteiger partial charge in [0.05, 0.1) is 24.4 Å². The average Bonchev–Trinajstić information content (AvgIpc) is 2.89. The summed E-state index contributed by atoms with van der Waals surface area (Å²) in [5.74, 6) is 2.18. The predicted molar refractivity (Wildman–Crippen MR) is 73.2 cm³/mol. The summed E-state index contributed by atoms with van der Waals surface area (Å²) in [5.41, 5.74) is 2.41. The van der Waals surface area contributed by atoms with E-state index in [1.807, 2.05) is 25.2 Å². The third-order valence-corrected chi connectivity index (χ3v) is 2.86. The lowest BCUT2D eigenvalue weighted by atomic mass is 10.2. The second-order valence-electron chi connectivity index (χ2n) is 3.98. The number of anilines is 1. The van der Waals surface area contributed by atoms with Gasteiger partial charge in [-0.25, -0.2) is 9.97 Å². The maximum Gasteiger partial charge on any atom is 0.180 e. The molecule has 19 heavy (non-hydrogen) atoms. The van der Waals surface area contributed by atoms with E-state index in [0.717, 1.165) is 22.7 Å². The lowest BCUT2D eigenvalue weighted by molar-refractivity contribution is 0.414. The monoisotopic (exact) mass is 255 g/mol. The SMILES string of the molecule is CNc1ccc2[nH]c(-c3ccncc3OC)nc2n1. The lowest BCUT2D eigenvalue weighted by Crippen LogP contribution is -1.91. The highest BCUT2D eigenvalue weighted by Crippen LogP contribution is 2.27. The molecule has 3 rings (SSSR count). The van der Waals surface area contributed by atoms with E-state index in [4.69, 9.17) is 4.74 Å². The number of nitrogens with zero attached hydrogens (tertiary/aromatic N) is 3. The summed E-state index contributed by atoms with van der Waals surface area (Å²) in [4.78, 5) is 16.1. The van der Waals surface area contributed by atoms with Crippen LogP contribution in [0.15, 0.2) is 30.6 Å². The molecule has 0 aliphatic rings. The van der Waals surface area contributed by atoms with Crippen LogP contribution in [0.3, 0.4) is 0 Å². The smallest absolute Gasteiger partial charge is 0.180 e. The van der Waals surface area contributed by atoms with Crippen LogP contribution in [0.25, 0.3) is 22.6 Å². The molecule has 0 bridgehead atoms. The molecular formula is C13H13N5O. The Morgan fingerprint density at radius 3 is 2.89 bits per heavy atom. The Morgan fingerprint density at radius 1 is 1.21 bits per heavy atom. The molecule has 0 radical (unpaired) electrons. The standard InChI is InChI=1S/C13H13N5O/c1-14-11-4-3-9-13(17-11)18-12(16-9)8-5-6-15-7-10(8)19-2/h3-7H,1-2H3,(H2,14,16,17,18). The van der Waals surface area contributed by atoms with Gasteiger partial charge in [-0.2, -0.15) is 0 Å². The number of imidazole rings is 1. The van der Waals surface area contributed by atoms with E-state index >= 15 is 0 Å². The number of pyridine rings is 2. The summed E-state index contributed by atoms with van der Waals surface area (Å²) in [6, 6.07) is 5.70. The van der Waals surface area contributed by atoms with Crippen molar-refractivity contribution in [1.82, 2.24) is 19.9 Å². The van der Waals surface area contributed by atoms with Gasteiger partial charge in [-0.05, 0) is 18.2 Å². The van der Waals surface area contributed by atoms with Crippen LogP contribution in [0.4, 0.5) is 5.82 Å². The minimum absolute atomic E-state index is 0.667. The van der Waals surface area contributed by atoms with Crippen molar-refractivity contribution in [3.63, 3.8) is 0 Å². The van der Waals surface area contributed by atoms with Crippen molar-refractivity contribution < 1.29 is 4.74 Å². The number of aromatic nitrogens is 4. The fourth-order valence-corrected chi connectivity index (χ4v) is 1.90. The lowest BCUT2D eigenvalue weighted by Gasteiger charge is -2.03. The quantitative estimate of drug-likeness (QED) is 0.749. The summed E-state index contributed by atoms with van der Waals surface area (Å²) in [6.07, 6.45) is 3.37. The fraction of sp³-hybridized carbons (Fsp3) is 0.154. The summed E-state index contributed by atoms with van der Waals surface area (Å²) >= 11 is 0. The summed E-state index contributed by atoms with van der Waals surface area (Å²) in [5, 5.41) is 2.99. The van der Waals surface area contributed by atoms with Crippen molar-refractivity contribution in [2.75, 3.05) is 19.5 Å². The number of ether oxygens (including phenoxy) is 1. The number of hydrogen-bond donors (Lipinski definition) is 2. The maximum absolute atomic E-state index is 5.29. The minimum Gasteiger partial charge on any atom is -0.494 e. The van der Waals surface area contributed by atoms with E-state index in [9.17, 15) is 0 Å². The van der Waals surface area contributed by atoms with Crippen molar-refractivity contribution in [1.29, 1.82) is 0 Å². The van der Waals surface area contributed by atoms with Gasteiger partial charge in [0, 0.05) is 13.2 Å². The fourth-order valence-electron chi connectivity index (χ4n) is 1.90. The van der Waals surface area contributed by atoms with Crippen molar-refractivity contribution in [3.8, 4) is 17.1 Å². The Bertz CT molecular complexity index is 722. The summed E-state index contributed by atoms with van der Waals surface area (Å²) in [7, 11) is 3.44. The Labute approximate surface area is 109 Å². The Balaban J connectivity index is 2.15. The predicted octanol–water partition coefficient (Wildman–Crippen LogP) is 2.07. The Kier molecular flexibility index (Phi) is 2.75. The van der Waals surface area contributed by atoms with Gasteiger partial charge in [-0.1, -0.05) is 0 Å². The van der Waals surface area contributed by atoms with Crippen molar-refractivity contribution in [3.05, 3.63) is 30.6 Å². The molecule has 0 spiro atoms. The minimum atomic E-state index is 0.667. The van der Waals surface area contributed by atoms with Gasteiger partial charge >= 0.3 is 0 Å². The van der Waals surface area contributed by atoms with Gasteiger partial charge in [-0.15, -0.1) is 0 Å². The first-order valence-electron chi connectivity index (χ1n) is 5.84. The third kappa shape index (κ3) is 1.97. The zero-order chi connectivity index (χ0) is 13.2. The summed E-state index contributed by atoms with van der Waals surface area (Å²) < 4.78 is 5.29. The highest BCUT2D eigenvalue weighted by molar-refractivity contribution is 5.78. The highest BCUT2D eigenvalue weighted by Gasteiger charge is 2.11. The van der Waals surface area contributed by atoms with Crippen LogP contribution in [-0.4, -0.2) is 34.1 Å². The summed E-state index contributed by atoms with van der Waals surface area (Å²) in [6.45, 7) is 0. The molecule has 3 aromatic rings. The van der Waals surface area contributed by atoms with Crippen LogP contribution in [0.2, 0.25) is 0 Å². The van der Waals surface area contributed by atoms with E-state index in [0.29, 0.717) is 11.4 Å². The van der Waals surface area contributed by atoms with E-state index in [-0.39, 0.29) is 0 Å². The molecule has 0 fully saturated rings. The molecule has 3 aromatic heterocycles. The van der Waals surface area contributed by atoms with E-state index in [2.05, 4.69) is 25.3 Å². The largest absolute Gasteiger partial charge is 0.494 e. The van der Waals surface area contributed by atoms with Gasteiger partial charge < -0.3 is 15.0 Å². The van der Waals surface area contributed by atoms with Crippen LogP contribution in [-0.2, 0) is 0 Å². The van der Waals surface area contributed by atoms with Crippen LogP contribution >= 0.6 is 0 Å². The first kappa shape index (κ1) is 11.5. The third-order valence-electron chi connectivity index (χ3n) is 2.86. The van der Waals surface area contributed by atoms with Crippen LogP contribution in [0.1, 0.15) is 0 Å². The van der Waals surface area contributed by atoms with Gasteiger partial charge in [0.15, 0.2) is 5.65 Å². The zero-order valence-corrected chi connectivity index (χ0v) is 10.6. The van der Waals surface area contributed by atoms with Crippen LogP contribution < -0.4 is 10.1 Å². The normalized spacial score (nSPS) is 10.6. The molecule has 0 atom stereocenters. The van der Waals surface area contributed by atoms with Gasteiger partial charge in [0.25, 0.3) is 0 Å². The van der Waals surface area contributed by atoms with Gasteiger partial charge in [0.1, 0.15) is 17.4 Å². The number of hydrogen-bond acceptors (Lipinski definition) is 5. The molecule has 2 N–H and O–H groups in total. The number of fused-ring (bicyclic) bond motifs is 1. The molecule has 0 aliphatic heterocycles. The van der Waals surface area contributed by atoms with E-state index < -0.39 is 0 Å². The maximum atomic E-state index is 5.29. The van der Waals surface area contributed by atoms with Gasteiger partial charge in [-0.3, -0.25) is 4.98 Å².